The molecule has 1 unspecified atom stereocenters. The van der Waals surface area contributed by atoms with Gasteiger partial charge in [-0.15, -0.1) is 0 Å². The maximum atomic E-state index is 5.84. The molecule has 3 nitrogen and oxygen atoms in total. The van der Waals surface area contributed by atoms with Gasteiger partial charge in [0.05, 0.1) is 6.04 Å². The molecule has 1 heterocycles. The van der Waals surface area contributed by atoms with Gasteiger partial charge in [0.2, 0.25) is 0 Å². The highest BCUT2D eigenvalue weighted by molar-refractivity contribution is 5.47. The minimum absolute atomic E-state index is 0.0959. The van der Waals surface area contributed by atoms with E-state index in [1.165, 1.54) is 5.56 Å². The molecule has 0 fully saturated rings. The first-order chi connectivity index (χ1) is 9.20. The predicted octanol–water partition coefficient (Wildman–Crippen LogP) is 3.32. The largest absolute Gasteiger partial charge is 0.377 e. The van der Waals surface area contributed by atoms with Crippen molar-refractivity contribution in [2.45, 2.75) is 25.8 Å². The number of nitrogens with zero attached hydrogens (tertiary/aromatic N) is 1. The van der Waals surface area contributed by atoms with Crippen LogP contribution in [0.2, 0.25) is 0 Å². The lowest BCUT2D eigenvalue weighted by molar-refractivity contribution is 0.784. The van der Waals surface area contributed by atoms with E-state index >= 15 is 0 Å². The number of nitrogens with two attached hydrogens (primary N) is 1. The lowest BCUT2D eigenvalue weighted by Crippen LogP contribution is -2.20. The molecule has 0 saturated heterocycles. The smallest absolute Gasteiger partial charge is 0.0651 e. The van der Waals surface area contributed by atoms with Gasteiger partial charge in [-0.2, -0.15) is 0 Å². The lowest BCUT2D eigenvalue weighted by Gasteiger charge is -2.18. The summed E-state index contributed by atoms with van der Waals surface area (Å²) in [5.74, 6) is 0.553. The number of hydrogen-bond donors (Lipinski definition) is 2. The van der Waals surface area contributed by atoms with Gasteiger partial charge in [-0.05, 0) is 35.2 Å². The van der Waals surface area contributed by atoms with Crippen LogP contribution in [0.25, 0.3) is 0 Å². The van der Waals surface area contributed by atoms with Crippen LogP contribution < -0.4 is 11.1 Å². The Morgan fingerprint density at radius 3 is 2.37 bits per heavy atom. The molecule has 1 atom stereocenters. The molecule has 0 aliphatic rings. The Kier molecular flexibility index (Phi) is 4.53. The number of anilines is 1. The topological polar surface area (TPSA) is 50.9 Å². The highest BCUT2D eigenvalue weighted by Gasteiger charge is 2.09. The average molecular weight is 255 g/mol. The molecule has 0 amide bonds. The Balaban J connectivity index is 2.10. The number of hydrogen-bond acceptors (Lipinski definition) is 3. The maximum Gasteiger partial charge on any atom is 0.0651 e. The molecule has 1 aromatic heterocycles. The summed E-state index contributed by atoms with van der Waals surface area (Å²) in [7, 11) is 0. The zero-order valence-electron chi connectivity index (χ0n) is 11.5. The van der Waals surface area contributed by atoms with Crippen molar-refractivity contribution in [2.24, 2.45) is 5.73 Å². The van der Waals surface area contributed by atoms with Crippen LogP contribution >= 0.6 is 0 Å². The lowest BCUT2D eigenvalue weighted by atomic mass is 10.0. The zero-order valence-corrected chi connectivity index (χ0v) is 11.5. The van der Waals surface area contributed by atoms with Crippen LogP contribution in [0.3, 0.4) is 0 Å². The number of nitrogens with one attached hydrogen (secondary N) is 1. The minimum atomic E-state index is 0.0959. The first kappa shape index (κ1) is 13.6. The molecule has 2 aromatic rings. The standard InChI is InChI=1S/C16H21N3/c1-12(2)13-5-7-15(8-6-13)19-16(10-17)14-4-3-9-18-11-14/h3-9,11-12,16,19H,10,17H2,1-2H3. The molecule has 0 aliphatic carbocycles. The highest BCUT2D eigenvalue weighted by atomic mass is 14.9. The van der Waals surface area contributed by atoms with E-state index in [1.54, 1.807) is 6.20 Å². The molecule has 19 heavy (non-hydrogen) atoms. The van der Waals surface area contributed by atoms with E-state index in [0.29, 0.717) is 12.5 Å². The quantitative estimate of drug-likeness (QED) is 0.861. The van der Waals surface area contributed by atoms with Crippen molar-refractivity contribution in [1.82, 2.24) is 4.98 Å². The minimum Gasteiger partial charge on any atom is -0.377 e. The van der Waals surface area contributed by atoms with Crippen molar-refractivity contribution in [1.29, 1.82) is 0 Å². The van der Waals surface area contributed by atoms with Gasteiger partial charge >= 0.3 is 0 Å². The fourth-order valence-electron chi connectivity index (χ4n) is 2.03. The van der Waals surface area contributed by atoms with E-state index in [9.17, 15) is 0 Å². The van der Waals surface area contributed by atoms with E-state index in [2.05, 4.69) is 48.4 Å². The summed E-state index contributed by atoms with van der Waals surface area (Å²) in [5, 5.41) is 3.45. The molecular weight excluding hydrogens is 234 g/mol. The van der Waals surface area contributed by atoms with Crippen molar-refractivity contribution in [3.8, 4) is 0 Å². The van der Waals surface area contributed by atoms with Gasteiger partial charge in [0.25, 0.3) is 0 Å². The second-order valence-electron chi connectivity index (χ2n) is 5.00. The van der Waals surface area contributed by atoms with Crippen molar-refractivity contribution < 1.29 is 0 Å². The van der Waals surface area contributed by atoms with E-state index in [1.807, 2.05) is 18.3 Å². The summed E-state index contributed by atoms with van der Waals surface area (Å²) >= 11 is 0. The maximum absolute atomic E-state index is 5.84. The first-order valence-electron chi connectivity index (χ1n) is 6.67. The van der Waals surface area contributed by atoms with Gasteiger partial charge < -0.3 is 11.1 Å². The number of pyridine rings is 1. The Morgan fingerprint density at radius 1 is 1.11 bits per heavy atom. The van der Waals surface area contributed by atoms with Crippen LogP contribution in [-0.4, -0.2) is 11.5 Å². The third kappa shape index (κ3) is 3.55. The predicted molar refractivity (Wildman–Crippen MR) is 80.2 cm³/mol. The average Bonchev–Trinajstić information content (AvgIpc) is 2.46. The van der Waals surface area contributed by atoms with E-state index < -0.39 is 0 Å². The molecule has 3 N–H and O–H groups in total. The SMILES string of the molecule is CC(C)c1ccc(NC(CN)c2cccnc2)cc1. The molecule has 1 aromatic carbocycles. The van der Waals surface area contributed by atoms with E-state index in [0.717, 1.165) is 11.3 Å². The van der Waals surface area contributed by atoms with Crippen LogP contribution in [-0.2, 0) is 0 Å². The van der Waals surface area contributed by atoms with Gasteiger partial charge in [-0.25, -0.2) is 0 Å². The van der Waals surface area contributed by atoms with Gasteiger partial charge in [0.15, 0.2) is 0 Å². The Labute approximate surface area is 114 Å². The Hall–Kier alpha value is -1.87. The van der Waals surface area contributed by atoms with E-state index in [4.69, 9.17) is 5.73 Å². The Bertz CT molecular complexity index is 491. The monoisotopic (exact) mass is 255 g/mol. The normalized spacial score (nSPS) is 12.4. The fourth-order valence-corrected chi connectivity index (χ4v) is 2.03. The summed E-state index contributed by atoms with van der Waals surface area (Å²) in [4.78, 5) is 4.14. The van der Waals surface area contributed by atoms with Crippen LogP contribution in [0.1, 0.15) is 36.9 Å². The highest BCUT2D eigenvalue weighted by Crippen LogP contribution is 2.21. The molecule has 0 spiro atoms. The fraction of sp³-hybridized carbons (Fsp3) is 0.312. The number of aromatic nitrogens is 1. The van der Waals surface area contributed by atoms with Crippen molar-refractivity contribution in [2.75, 3.05) is 11.9 Å². The third-order valence-electron chi connectivity index (χ3n) is 3.24. The number of benzene rings is 1. The summed E-state index contributed by atoms with van der Waals surface area (Å²) in [6, 6.07) is 12.6. The molecule has 100 valence electrons. The summed E-state index contributed by atoms with van der Waals surface area (Å²) in [6.07, 6.45) is 3.63. The van der Waals surface area contributed by atoms with Crippen LogP contribution in [0.5, 0.6) is 0 Å². The molecule has 0 radical (unpaired) electrons. The van der Waals surface area contributed by atoms with Gasteiger partial charge in [0, 0.05) is 24.6 Å². The molecular formula is C16H21N3. The molecule has 2 rings (SSSR count). The second-order valence-corrected chi connectivity index (χ2v) is 5.00. The first-order valence-corrected chi connectivity index (χ1v) is 6.67. The van der Waals surface area contributed by atoms with Crippen LogP contribution in [0.15, 0.2) is 48.8 Å². The molecule has 3 heteroatoms. The van der Waals surface area contributed by atoms with Gasteiger partial charge in [-0.1, -0.05) is 32.0 Å². The van der Waals surface area contributed by atoms with Gasteiger partial charge in [-0.3, -0.25) is 4.98 Å². The van der Waals surface area contributed by atoms with Crippen molar-refractivity contribution >= 4 is 5.69 Å². The summed E-state index contributed by atoms with van der Waals surface area (Å²) in [6.45, 7) is 4.93. The third-order valence-corrected chi connectivity index (χ3v) is 3.24. The number of rotatable bonds is 5. The summed E-state index contributed by atoms with van der Waals surface area (Å²) in [5.41, 5.74) is 9.38. The Morgan fingerprint density at radius 2 is 1.84 bits per heavy atom. The van der Waals surface area contributed by atoms with Crippen LogP contribution in [0, 0.1) is 0 Å². The van der Waals surface area contributed by atoms with Crippen molar-refractivity contribution in [3.63, 3.8) is 0 Å². The molecule has 0 aliphatic heterocycles. The summed E-state index contributed by atoms with van der Waals surface area (Å²) < 4.78 is 0. The zero-order chi connectivity index (χ0) is 13.7. The van der Waals surface area contributed by atoms with Gasteiger partial charge in [0.1, 0.15) is 0 Å². The van der Waals surface area contributed by atoms with Crippen LogP contribution in [0.4, 0.5) is 5.69 Å². The molecule has 0 bridgehead atoms. The molecule has 0 saturated carbocycles. The van der Waals surface area contributed by atoms with E-state index in [-0.39, 0.29) is 6.04 Å². The second kappa shape index (κ2) is 6.34. The van der Waals surface area contributed by atoms with Crippen molar-refractivity contribution in [3.05, 3.63) is 59.9 Å².